The number of pyridine rings is 2. The summed E-state index contributed by atoms with van der Waals surface area (Å²) < 4.78 is 5.62. The smallest absolute Gasteiger partial charge is 0.251 e. The molecule has 0 bridgehead atoms. The third kappa shape index (κ3) is 6.42. The average molecular weight is 516 g/mol. The number of benzene rings is 1. The molecule has 3 heterocycles. The van der Waals surface area contributed by atoms with Gasteiger partial charge in [-0.3, -0.25) is 14.7 Å². The number of rotatable bonds is 9. The first kappa shape index (κ1) is 25.1. The summed E-state index contributed by atoms with van der Waals surface area (Å²) in [5.41, 5.74) is 6.17. The van der Waals surface area contributed by atoms with Gasteiger partial charge in [-0.2, -0.15) is 0 Å². The summed E-state index contributed by atoms with van der Waals surface area (Å²) in [7, 11) is 0. The Bertz CT molecular complexity index is 1350. The van der Waals surface area contributed by atoms with Crippen LogP contribution in [0.1, 0.15) is 63.2 Å². The number of halogens is 1. The molecule has 0 radical (unpaired) electrons. The molecule has 5 rings (SSSR count). The van der Waals surface area contributed by atoms with Gasteiger partial charge in [0.2, 0.25) is 0 Å². The zero-order valence-corrected chi connectivity index (χ0v) is 21.6. The van der Waals surface area contributed by atoms with Crippen molar-refractivity contribution in [2.75, 3.05) is 6.54 Å². The normalized spacial score (nSPS) is 14.9. The van der Waals surface area contributed by atoms with Gasteiger partial charge in [0.1, 0.15) is 11.4 Å². The molecule has 1 aliphatic carbocycles. The summed E-state index contributed by atoms with van der Waals surface area (Å²) in [6.07, 6.45) is 9.19. The van der Waals surface area contributed by atoms with Crippen LogP contribution in [-0.4, -0.2) is 32.3 Å². The van der Waals surface area contributed by atoms with E-state index in [0.29, 0.717) is 17.3 Å². The molecule has 1 aromatic carbocycles. The third-order valence-corrected chi connectivity index (χ3v) is 6.94. The molecule has 0 saturated heterocycles. The topological polar surface area (TPSA) is 84.2 Å². The lowest BCUT2D eigenvalue weighted by Crippen LogP contribution is -2.33. The molecule has 37 heavy (non-hydrogen) atoms. The molecule has 0 aliphatic heterocycles. The Hall–Kier alpha value is -3.55. The SMILES string of the molecule is Cc1coc(CCN(Cc2ccc(CNC(=O)c3ccnc(Cl)c3)cc2)C2CCCc3cccnc32)n1. The number of nitrogens with one attached hydrogen (secondary N) is 1. The fourth-order valence-electron chi connectivity index (χ4n) is 4.87. The van der Waals surface area contributed by atoms with Crippen LogP contribution in [0.15, 0.2) is 71.6 Å². The van der Waals surface area contributed by atoms with Crippen molar-refractivity contribution in [3.8, 4) is 0 Å². The van der Waals surface area contributed by atoms with E-state index in [1.807, 2.05) is 19.2 Å². The summed E-state index contributed by atoms with van der Waals surface area (Å²) in [5.74, 6) is 0.589. The van der Waals surface area contributed by atoms with Gasteiger partial charge >= 0.3 is 0 Å². The van der Waals surface area contributed by atoms with Crippen molar-refractivity contribution < 1.29 is 9.21 Å². The lowest BCUT2D eigenvalue weighted by molar-refractivity contribution is 0.0950. The van der Waals surface area contributed by atoms with E-state index in [0.717, 1.165) is 55.9 Å². The standard InChI is InChI=1S/C29H30ClN5O2/c1-20-19-37-27(34-20)12-15-35(25-6-2-4-23-5-3-13-32-28(23)25)18-22-9-7-21(8-10-22)17-33-29(36)24-11-14-31-26(30)16-24/h3,5,7-11,13-14,16,19,25H,2,4,6,12,15,17-18H2,1H3,(H,33,36). The summed E-state index contributed by atoms with van der Waals surface area (Å²) in [5, 5.41) is 3.25. The molecule has 1 N–H and O–H groups in total. The lowest BCUT2D eigenvalue weighted by Gasteiger charge is -2.35. The Morgan fingerprint density at radius 2 is 1.97 bits per heavy atom. The van der Waals surface area contributed by atoms with Gasteiger partial charge in [-0.15, -0.1) is 0 Å². The monoisotopic (exact) mass is 515 g/mol. The van der Waals surface area contributed by atoms with Crippen molar-refractivity contribution in [3.63, 3.8) is 0 Å². The molecule has 1 unspecified atom stereocenters. The fourth-order valence-corrected chi connectivity index (χ4v) is 5.04. The first-order valence-electron chi connectivity index (χ1n) is 12.6. The van der Waals surface area contributed by atoms with Gasteiger partial charge in [0.15, 0.2) is 5.89 Å². The van der Waals surface area contributed by atoms with Crippen molar-refractivity contribution >= 4 is 17.5 Å². The van der Waals surface area contributed by atoms with E-state index in [1.54, 1.807) is 18.4 Å². The Morgan fingerprint density at radius 1 is 1.14 bits per heavy atom. The minimum absolute atomic E-state index is 0.176. The summed E-state index contributed by atoms with van der Waals surface area (Å²) in [4.78, 5) is 28.1. The van der Waals surface area contributed by atoms with Gasteiger partial charge in [0.05, 0.1) is 17.4 Å². The van der Waals surface area contributed by atoms with Crippen LogP contribution < -0.4 is 5.32 Å². The number of carbonyl (C=O) groups excluding carboxylic acids is 1. The van der Waals surface area contributed by atoms with E-state index in [1.165, 1.54) is 23.0 Å². The first-order valence-corrected chi connectivity index (χ1v) is 13.0. The van der Waals surface area contributed by atoms with Gasteiger partial charge in [-0.25, -0.2) is 9.97 Å². The maximum Gasteiger partial charge on any atom is 0.251 e. The molecule has 1 amide bonds. The predicted molar refractivity (Wildman–Crippen MR) is 142 cm³/mol. The van der Waals surface area contributed by atoms with Crippen molar-refractivity contribution in [1.82, 2.24) is 25.2 Å². The minimum atomic E-state index is -0.176. The number of aryl methyl sites for hydroxylation is 2. The van der Waals surface area contributed by atoms with E-state index in [2.05, 4.69) is 50.5 Å². The molecule has 8 heteroatoms. The zero-order chi connectivity index (χ0) is 25.6. The van der Waals surface area contributed by atoms with Crippen LogP contribution in [0.3, 0.4) is 0 Å². The quantitative estimate of drug-likeness (QED) is 0.297. The lowest BCUT2D eigenvalue weighted by atomic mass is 9.90. The van der Waals surface area contributed by atoms with Gasteiger partial charge in [-0.05, 0) is 61.1 Å². The number of hydrogen-bond acceptors (Lipinski definition) is 6. The molecule has 3 aromatic heterocycles. The van der Waals surface area contributed by atoms with Crippen molar-refractivity contribution in [2.24, 2.45) is 0 Å². The zero-order valence-electron chi connectivity index (χ0n) is 20.9. The predicted octanol–water partition coefficient (Wildman–Crippen LogP) is 5.48. The van der Waals surface area contributed by atoms with E-state index in [9.17, 15) is 4.79 Å². The number of aromatic nitrogens is 3. The van der Waals surface area contributed by atoms with Crippen LogP contribution in [0, 0.1) is 6.92 Å². The largest absolute Gasteiger partial charge is 0.449 e. The van der Waals surface area contributed by atoms with Crippen LogP contribution in [0.4, 0.5) is 0 Å². The van der Waals surface area contributed by atoms with E-state index >= 15 is 0 Å². The fraction of sp³-hybridized carbons (Fsp3) is 0.310. The molecular formula is C29H30ClN5O2. The number of hydrogen-bond donors (Lipinski definition) is 1. The summed E-state index contributed by atoms with van der Waals surface area (Å²) in [6, 6.07) is 16.1. The Morgan fingerprint density at radius 3 is 2.76 bits per heavy atom. The van der Waals surface area contributed by atoms with Gasteiger partial charge in [0.25, 0.3) is 5.91 Å². The highest BCUT2D eigenvalue weighted by atomic mass is 35.5. The maximum absolute atomic E-state index is 12.4. The van der Waals surface area contributed by atoms with Crippen molar-refractivity contribution in [2.45, 2.75) is 51.7 Å². The van der Waals surface area contributed by atoms with Crippen molar-refractivity contribution in [3.05, 3.63) is 112 Å². The Kier molecular flexibility index (Phi) is 7.92. The molecule has 0 saturated carbocycles. The Balaban J connectivity index is 1.27. The number of fused-ring (bicyclic) bond motifs is 1. The number of amides is 1. The van der Waals surface area contributed by atoms with Gasteiger partial charge in [0, 0.05) is 44.0 Å². The molecule has 190 valence electrons. The second-order valence-electron chi connectivity index (χ2n) is 9.43. The summed E-state index contributed by atoms with van der Waals surface area (Å²) in [6.45, 7) is 4.00. The second-order valence-corrected chi connectivity index (χ2v) is 9.81. The second kappa shape index (κ2) is 11.7. The van der Waals surface area contributed by atoms with E-state index < -0.39 is 0 Å². The minimum Gasteiger partial charge on any atom is -0.449 e. The number of carbonyl (C=O) groups is 1. The number of oxazole rings is 1. The molecule has 1 atom stereocenters. The van der Waals surface area contributed by atoms with E-state index in [-0.39, 0.29) is 11.9 Å². The van der Waals surface area contributed by atoms with Gasteiger partial charge in [-0.1, -0.05) is 41.9 Å². The molecule has 0 spiro atoms. The third-order valence-electron chi connectivity index (χ3n) is 6.74. The highest BCUT2D eigenvalue weighted by Crippen LogP contribution is 2.34. The highest BCUT2D eigenvalue weighted by Gasteiger charge is 2.27. The molecular weight excluding hydrogens is 486 g/mol. The van der Waals surface area contributed by atoms with Crippen molar-refractivity contribution in [1.29, 1.82) is 0 Å². The van der Waals surface area contributed by atoms with E-state index in [4.69, 9.17) is 21.0 Å². The van der Waals surface area contributed by atoms with Gasteiger partial charge < -0.3 is 9.73 Å². The molecule has 1 aliphatic rings. The molecule has 4 aromatic rings. The molecule has 7 nitrogen and oxygen atoms in total. The van der Waals surface area contributed by atoms with Crippen LogP contribution in [-0.2, 0) is 25.9 Å². The Labute approximate surface area is 221 Å². The first-order chi connectivity index (χ1) is 18.0. The number of nitrogens with zero attached hydrogens (tertiary/aromatic N) is 4. The van der Waals surface area contributed by atoms with Crippen LogP contribution >= 0.6 is 11.6 Å². The summed E-state index contributed by atoms with van der Waals surface area (Å²) >= 11 is 5.90. The van der Waals surface area contributed by atoms with Crippen LogP contribution in [0.25, 0.3) is 0 Å². The van der Waals surface area contributed by atoms with Crippen LogP contribution in [0.5, 0.6) is 0 Å². The average Bonchev–Trinajstić information content (AvgIpc) is 3.35. The highest BCUT2D eigenvalue weighted by molar-refractivity contribution is 6.29. The van der Waals surface area contributed by atoms with Crippen LogP contribution in [0.2, 0.25) is 5.15 Å². The molecule has 0 fully saturated rings. The maximum atomic E-state index is 12.4.